The SMILES string of the molecule is COCCSCC(=O)NOCC(C)C. The van der Waals surface area contributed by atoms with Crippen LogP contribution in [0.2, 0.25) is 0 Å². The monoisotopic (exact) mass is 221 g/mol. The molecule has 1 N–H and O–H groups in total. The van der Waals surface area contributed by atoms with Gasteiger partial charge in [-0.25, -0.2) is 5.48 Å². The molecule has 0 heterocycles. The lowest BCUT2D eigenvalue weighted by Crippen LogP contribution is -2.27. The Morgan fingerprint density at radius 1 is 1.50 bits per heavy atom. The molecular weight excluding hydrogens is 202 g/mol. The molecule has 0 aliphatic heterocycles. The summed E-state index contributed by atoms with van der Waals surface area (Å²) in [5.74, 6) is 1.58. The maximum absolute atomic E-state index is 11.1. The molecule has 0 aliphatic rings. The lowest BCUT2D eigenvalue weighted by Gasteiger charge is -2.07. The number of carbonyl (C=O) groups is 1. The zero-order valence-corrected chi connectivity index (χ0v) is 9.86. The summed E-state index contributed by atoms with van der Waals surface area (Å²) in [6, 6.07) is 0. The molecule has 0 unspecified atom stereocenters. The van der Waals surface area contributed by atoms with Gasteiger partial charge in [-0.2, -0.15) is 0 Å². The van der Waals surface area contributed by atoms with Crippen LogP contribution in [0.25, 0.3) is 0 Å². The molecule has 84 valence electrons. The van der Waals surface area contributed by atoms with Gasteiger partial charge in [0.2, 0.25) is 0 Å². The van der Waals surface area contributed by atoms with Crippen LogP contribution in [0.1, 0.15) is 13.8 Å². The van der Waals surface area contributed by atoms with Crippen molar-refractivity contribution < 1.29 is 14.4 Å². The molecule has 0 aromatic heterocycles. The first-order valence-corrected chi connectivity index (χ1v) is 5.79. The number of methoxy groups -OCH3 is 1. The van der Waals surface area contributed by atoms with E-state index < -0.39 is 0 Å². The van der Waals surface area contributed by atoms with E-state index in [1.54, 1.807) is 7.11 Å². The molecule has 5 heteroatoms. The zero-order valence-electron chi connectivity index (χ0n) is 9.04. The Morgan fingerprint density at radius 2 is 2.21 bits per heavy atom. The standard InChI is InChI=1S/C9H19NO3S/c1-8(2)6-13-10-9(11)7-14-5-4-12-3/h8H,4-7H2,1-3H3,(H,10,11). The van der Waals surface area contributed by atoms with E-state index in [9.17, 15) is 4.79 Å². The second kappa shape index (κ2) is 9.30. The first-order chi connectivity index (χ1) is 6.66. The van der Waals surface area contributed by atoms with Crippen molar-refractivity contribution >= 4 is 17.7 Å². The number of nitrogens with one attached hydrogen (secondary N) is 1. The predicted molar refractivity (Wildman–Crippen MR) is 58.1 cm³/mol. The molecular formula is C9H19NO3S. The Morgan fingerprint density at radius 3 is 2.79 bits per heavy atom. The van der Waals surface area contributed by atoms with Crippen molar-refractivity contribution in [3.8, 4) is 0 Å². The Bertz CT molecular complexity index is 153. The number of hydroxylamine groups is 1. The summed E-state index contributed by atoms with van der Waals surface area (Å²) >= 11 is 1.53. The molecule has 0 radical (unpaired) electrons. The minimum atomic E-state index is -0.0910. The van der Waals surface area contributed by atoms with Crippen LogP contribution in [0.15, 0.2) is 0 Å². The van der Waals surface area contributed by atoms with Crippen LogP contribution in [0.5, 0.6) is 0 Å². The highest BCUT2D eigenvalue weighted by Gasteiger charge is 2.01. The van der Waals surface area contributed by atoms with Crippen LogP contribution in [-0.2, 0) is 14.4 Å². The highest BCUT2D eigenvalue weighted by molar-refractivity contribution is 7.99. The first-order valence-electron chi connectivity index (χ1n) is 4.64. The smallest absolute Gasteiger partial charge is 0.253 e. The summed E-state index contributed by atoms with van der Waals surface area (Å²) in [6.07, 6.45) is 0. The van der Waals surface area contributed by atoms with E-state index in [2.05, 4.69) is 5.48 Å². The Balaban J connectivity index is 3.20. The lowest BCUT2D eigenvalue weighted by atomic mass is 10.2. The van der Waals surface area contributed by atoms with Crippen LogP contribution in [0.4, 0.5) is 0 Å². The van der Waals surface area contributed by atoms with Gasteiger partial charge in [0, 0.05) is 12.9 Å². The second-order valence-electron chi connectivity index (χ2n) is 3.28. The van der Waals surface area contributed by atoms with Gasteiger partial charge in [-0.1, -0.05) is 13.8 Å². The van der Waals surface area contributed by atoms with Crippen molar-refractivity contribution in [1.29, 1.82) is 0 Å². The average molecular weight is 221 g/mol. The molecule has 1 amide bonds. The maximum atomic E-state index is 11.1. The molecule has 0 aromatic carbocycles. The largest absolute Gasteiger partial charge is 0.384 e. The van der Waals surface area contributed by atoms with E-state index in [0.29, 0.717) is 24.9 Å². The minimum Gasteiger partial charge on any atom is -0.384 e. The van der Waals surface area contributed by atoms with E-state index >= 15 is 0 Å². The number of ether oxygens (including phenoxy) is 1. The molecule has 14 heavy (non-hydrogen) atoms. The third-order valence-electron chi connectivity index (χ3n) is 1.27. The average Bonchev–Trinajstić information content (AvgIpc) is 2.12. The Labute approximate surface area is 89.7 Å². The summed E-state index contributed by atoms with van der Waals surface area (Å²) in [5, 5.41) is 0. The van der Waals surface area contributed by atoms with Crippen molar-refractivity contribution in [2.24, 2.45) is 5.92 Å². The zero-order chi connectivity index (χ0) is 10.8. The molecule has 0 spiro atoms. The van der Waals surface area contributed by atoms with Crippen LogP contribution in [0.3, 0.4) is 0 Å². The third kappa shape index (κ3) is 9.83. The van der Waals surface area contributed by atoms with E-state index in [1.807, 2.05) is 13.8 Å². The van der Waals surface area contributed by atoms with Crippen molar-refractivity contribution in [2.75, 3.05) is 31.8 Å². The molecule has 0 aromatic rings. The molecule has 4 nitrogen and oxygen atoms in total. The van der Waals surface area contributed by atoms with Gasteiger partial charge >= 0.3 is 0 Å². The van der Waals surface area contributed by atoms with Gasteiger partial charge < -0.3 is 4.74 Å². The molecule has 0 fully saturated rings. The van der Waals surface area contributed by atoms with E-state index in [-0.39, 0.29) is 5.91 Å². The topological polar surface area (TPSA) is 47.6 Å². The van der Waals surface area contributed by atoms with Gasteiger partial charge in [-0.3, -0.25) is 9.63 Å². The maximum Gasteiger partial charge on any atom is 0.253 e. The molecule has 0 bridgehead atoms. The molecule has 0 aliphatic carbocycles. The van der Waals surface area contributed by atoms with Crippen molar-refractivity contribution in [2.45, 2.75) is 13.8 Å². The summed E-state index contributed by atoms with van der Waals surface area (Å²) in [7, 11) is 1.65. The number of hydrogen-bond donors (Lipinski definition) is 1. The second-order valence-corrected chi connectivity index (χ2v) is 4.38. The number of rotatable bonds is 8. The van der Waals surface area contributed by atoms with Gasteiger partial charge in [-0.15, -0.1) is 11.8 Å². The molecule has 0 rings (SSSR count). The fourth-order valence-corrected chi connectivity index (χ4v) is 1.30. The normalized spacial score (nSPS) is 10.6. The summed E-state index contributed by atoms with van der Waals surface area (Å²) in [6.45, 7) is 5.28. The first kappa shape index (κ1) is 13.7. The fourth-order valence-electron chi connectivity index (χ4n) is 0.625. The van der Waals surface area contributed by atoms with Crippen molar-refractivity contribution in [3.05, 3.63) is 0 Å². The minimum absolute atomic E-state index is 0.0910. The summed E-state index contributed by atoms with van der Waals surface area (Å²) in [4.78, 5) is 16.1. The van der Waals surface area contributed by atoms with Gasteiger partial charge in [0.25, 0.3) is 5.91 Å². The number of amides is 1. The number of thioether (sulfide) groups is 1. The van der Waals surface area contributed by atoms with Crippen LogP contribution >= 0.6 is 11.8 Å². The molecule has 0 atom stereocenters. The Kier molecular flexibility index (Phi) is 9.13. The van der Waals surface area contributed by atoms with Gasteiger partial charge in [-0.05, 0) is 5.92 Å². The van der Waals surface area contributed by atoms with Crippen molar-refractivity contribution in [1.82, 2.24) is 5.48 Å². The molecule has 0 saturated heterocycles. The quantitative estimate of drug-likeness (QED) is 0.492. The lowest BCUT2D eigenvalue weighted by molar-refractivity contribution is -0.131. The predicted octanol–water partition coefficient (Wildman–Crippen LogP) is 1.07. The van der Waals surface area contributed by atoms with Gasteiger partial charge in [0.1, 0.15) is 0 Å². The van der Waals surface area contributed by atoms with Crippen LogP contribution < -0.4 is 5.48 Å². The highest BCUT2D eigenvalue weighted by Crippen LogP contribution is 1.98. The van der Waals surface area contributed by atoms with E-state index in [4.69, 9.17) is 9.57 Å². The molecule has 0 saturated carbocycles. The summed E-state index contributed by atoms with van der Waals surface area (Å²) in [5.41, 5.74) is 2.39. The Hall–Kier alpha value is -0.260. The van der Waals surface area contributed by atoms with Gasteiger partial charge in [0.05, 0.1) is 19.0 Å². The number of carbonyl (C=O) groups excluding carboxylic acids is 1. The number of hydrogen-bond acceptors (Lipinski definition) is 4. The fraction of sp³-hybridized carbons (Fsp3) is 0.889. The third-order valence-corrected chi connectivity index (χ3v) is 2.19. The van der Waals surface area contributed by atoms with E-state index in [1.165, 1.54) is 11.8 Å². The highest BCUT2D eigenvalue weighted by atomic mass is 32.2. The van der Waals surface area contributed by atoms with Crippen molar-refractivity contribution in [3.63, 3.8) is 0 Å². The van der Waals surface area contributed by atoms with E-state index in [0.717, 1.165) is 5.75 Å². The summed E-state index contributed by atoms with van der Waals surface area (Å²) < 4.78 is 4.85. The van der Waals surface area contributed by atoms with Crippen LogP contribution in [-0.4, -0.2) is 37.7 Å². The van der Waals surface area contributed by atoms with Gasteiger partial charge in [0.15, 0.2) is 0 Å². The van der Waals surface area contributed by atoms with Crippen LogP contribution in [0, 0.1) is 5.92 Å².